The summed E-state index contributed by atoms with van der Waals surface area (Å²) in [4.78, 5) is 35.1. The Hall–Kier alpha value is -3.94. The maximum Gasteiger partial charge on any atom is 0.338 e. The highest BCUT2D eigenvalue weighted by Gasteiger charge is 2.21. The number of methoxy groups -OCH3 is 1. The number of ether oxygens (including phenoxy) is 2. The van der Waals surface area contributed by atoms with E-state index in [0.717, 1.165) is 10.8 Å². The summed E-state index contributed by atoms with van der Waals surface area (Å²) in [5, 5.41) is 15.3. The fraction of sp³-hybridized carbons (Fsp3) is 0.143. The van der Waals surface area contributed by atoms with Gasteiger partial charge in [0.2, 0.25) is 0 Å². The minimum atomic E-state index is -1.09. The predicted octanol–water partition coefficient (Wildman–Crippen LogP) is 3.94. The van der Waals surface area contributed by atoms with Crippen molar-refractivity contribution in [3.63, 3.8) is 0 Å². The van der Waals surface area contributed by atoms with Crippen LogP contribution in [0, 0.1) is 10.1 Å². The van der Waals surface area contributed by atoms with Gasteiger partial charge in [-0.15, -0.1) is 0 Å². The number of rotatable bonds is 6. The summed E-state index contributed by atoms with van der Waals surface area (Å²) in [5.41, 5.74) is 0.392. The van der Waals surface area contributed by atoms with Crippen LogP contribution in [0.15, 0.2) is 60.7 Å². The van der Waals surface area contributed by atoms with Crippen molar-refractivity contribution in [2.24, 2.45) is 0 Å². The van der Waals surface area contributed by atoms with E-state index in [2.05, 4.69) is 5.32 Å². The van der Waals surface area contributed by atoms with E-state index < -0.39 is 22.9 Å². The fourth-order valence-corrected chi connectivity index (χ4v) is 2.73. The molecule has 29 heavy (non-hydrogen) atoms. The second-order valence-electron chi connectivity index (χ2n) is 6.24. The van der Waals surface area contributed by atoms with Crippen LogP contribution < -0.4 is 10.1 Å². The van der Waals surface area contributed by atoms with E-state index in [-0.39, 0.29) is 17.1 Å². The van der Waals surface area contributed by atoms with Gasteiger partial charge in [-0.3, -0.25) is 14.9 Å². The van der Waals surface area contributed by atoms with Crippen LogP contribution in [0.4, 0.5) is 11.4 Å². The van der Waals surface area contributed by atoms with Crippen LogP contribution in [-0.4, -0.2) is 30.0 Å². The van der Waals surface area contributed by atoms with Crippen molar-refractivity contribution in [2.45, 2.75) is 13.0 Å². The average Bonchev–Trinajstić information content (AvgIpc) is 2.73. The Kier molecular flexibility index (Phi) is 5.73. The molecule has 8 nitrogen and oxygen atoms in total. The van der Waals surface area contributed by atoms with Gasteiger partial charge in [-0.1, -0.05) is 30.3 Å². The van der Waals surface area contributed by atoms with Crippen molar-refractivity contribution in [3.05, 3.63) is 76.3 Å². The molecule has 3 aromatic carbocycles. The molecule has 0 heterocycles. The topological polar surface area (TPSA) is 108 Å². The largest absolute Gasteiger partial charge is 0.494 e. The molecule has 0 saturated heterocycles. The molecule has 0 aliphatic rings. The third-order valence-electron chi connectivity index (χ3n) is 4.29. The first-order chi connectivity index (χ1) is 13.9. The van der Waals surface area contributed by atoms with Crippen molar-refractivity contribution in [3.8, 4) is 5.75 Å². The minimum absolute atomic E-state index is 0.126. The first-order valence-corrected chi connectivity index (χ1v) is 8.72. The molecule has 0 aromatic heterocycles. The molecule has 8 heteroatoms. The van der Waals surface area contributed by atoms with Crippen molar-refractivity contribution in [2.75, 3.05) is 12.4 Å². The Morgan fingerprint density at radius 1 is 1.03 bits per heavy atom. The summed E-state index contributed by atoms with van der Waals surface area (Å²) in [6.07, 6.45) is -1.09. The standard InChI is InChI=1S/C21H18N2O6/c1-13(20(24)22-18-10-9-17(23(26)27)12-19(18)28-2)29-21(25)16-8-7-14-5-3-4-6-15(14)11-16/h3-13H,1-2H3,(H,22,24)/t13-/m0/s1. The first-order valence-electron chi connectivity index (χ1n) is 8.72. The summed E-state index contributed by atoms with van der Waals surface area (Å²) in [6.45, 7) is 1.44. The third-order valence-corrected chi connectivity index (χ3v) is 4.29. The highest BCUT2D eigenvalue weighted by atomic mass is 16.6. The van der Waals surface area contributed by atoms with Crippen molar-refractivity contribution < 1.29 is 24.0 Å². The number of hydrogen-bond donors (Lipinski definition) is 1. The number of non-ortho nitro benzene ring substituents is 1. The molecule has 0 radical (unpaired) electrons. The second kappa shape index (κ2) is 8.39. The number of nitro groups is 1. The Bertz CT molecular complexity index is 1100. The van der Waals surface area contributed by atoms with Crippen LogP contribution in [0.3, 0.4) is 0 Å². The van der Waals surface area contributed by atoms with Gasteiger partial charge in [0.1, 0.15) is 5.75 Å². The van der Waals surface area contributed by atoms with Crippen molar-refractivity contribution >= 4 is 34.0 Å². The van der Waals surface area contributed by atoms with Crippen LogP contribution in [0.5, 0.6) is 5.75 Å². The van der Waals surface area contributed by atoms with Crippen LogP contribution in [-0.2, 0) is 9.53 Å². The second-order valence-corrected chi connectivity index (χ2v) is 6.24. The predicted molar refractivity (Wildman–Crippen MR) is 107 cm³/mol. The molecule has 3 rings (SSSR count). The number of nitrogens with zero attached hydrogens (tertiary/aromatic N) is 1. The lowest BCUT2D eigenvalue weighted by atomic mass is 10.1. The highest BCUT2D eigenvalue weighted by Crippen LogP contribution is 2.29. The molecule has 0 saturated carbocycles. The van der Waals surface area contributed by atoms with E-state index in [1.807, 2.05) is 24.3 Å². The number of benzene rings is 3. The Labute approximate surface area is 166 Å². The van der Waals surface area contributed by atoms with Gasteiger partial charge in [-0.25, -0.2) is 4.79 Å². The Balaban J connectivity index is 1.69. The van der Waals surface area contributed by atoms with Crippen LogP contribution in [0.1, 0.15) is 17.3 Å². The summed E-state index contributed by atoms with van der Waals surface area (Å²) in [5.74, 6) is -1.10. The molecule has 148 valence electrons. The van der Waals surface area contributed by atoms with E-state index >= 15 is 0 Å². The molecular weight excluding hydrogens is 376 g/mol. The lowest BCUT2D eigenvalue weighted by Gasteiger charge is -2.15. The number of nitro benzene ring substituents is 1. The summed E-state index contributed by atoms with van der Waals surface area (Å²) >= 11 is 0. The van der Waals surface area contributed by atoms with Crippen LogP contribution >= 0.6 is 0 Å². The Morgan fingerprint density at radius 3 is 2.45 bits per heavy atom. The minimum Gasteiger partial charge on any atom is -0.494 e. The number of hydrogen-bond acceptors (Lipinski definition) is 6. The highest BCUT2D eigenvalue weighted by molar-refractivity contribution is 5.99. The molecule has 3 aromatic rings. The third kappa shape index (κ3) is 4.49. The number of carbonyl (C=O) groups is 2. The zero-order valence-corrected chi connectivity index (χ0v) is 15.7. The first kappa shape index (κ1) is 19.8. The molecule has 1 atom stereocenters. The lowest BCUT2D eigenvalue weighted by Crippen LogP contribution is -2.30. The molecule has 0 fully saturated rings. The maximum absolute atomic E-state index is 12.4. The van der Waals surface area contributed by atoms with Crippen molar-refractivity contribution in [1.82, 2.24) is 0 Å². The molecule has 0 unspecified atom stereocenters. The average molecular weight is 394 g/mol. The number of esters is 1. The van der Waals surface area contributed by atoms with Gasteiger partial charge in [-0.05, 0) is 35.9 Å². The summed E-state index contributed by atoms with van der Waals surface area (Å²) in [6, 6.07) is 16.5. The maximum atomic E-state index is 12.4. The SMILES string of the molecule is COc1cc([N+](=O)[O-])ccc1NC(=O)[C@H](C)OC(=O)c1ccc2ccccc2c1. The van der Waals surface area contributed by atoms with Gasteiger partial charge in [0.05, 0.1) is 29.4 Å². The normalized spacial score (nSPS) is 11.5. The van der Waals surface area contributed by atoms with E-state index in [9.17, 15) is 19.7 Å². The van der Waals surface area contributed by atoms with Crippen molar-refractivity contribution in [1.29, 1.82) is 0 Å². The zero-order valence-electron chi connectivity index (χ0n) is 15.7. The molecule has 1 amide bonds. The monoisotopic (exact) mass is 394 g/mol. The van der Waals surface area contributed by atoms with Gasteiger partial charge >= 0.3 is 5.97 Å². The quantitative estimate of drug-likeness (QED) is 0.385. The molecule has 0 aliphatic heterocycles. The van der Waals surface area contributed by atoms with Crippen LogP contribution in [0.25, 0.3) is 10.8 Å². The van der Waals surface area contributed by atoms with E-state index in [1.54, 1.807) is 18.2 Å². The number of amides is 1. The molecular formula is C21H18N2O6. The molecule has 0 spiro atoms. The smallest absolute Gasteiger partial charge is 0.338 e. The van der Waals surface area contributed by atoms with Gasteiger partial charge < -0.3 is 14.8 Å². The summed E-state index contributed by atoms with van der Waals surface area (Å²) < 4.78 is 10.3. The number of fused-ring (bicyclic) bond motifs is 1. The lowest BCUT2D eigenvalue weighted by molar-refractivity contribution is -0.384. The van der Waals surface area contributed by atoms with E-state index in [0.29, 0.717) is 5.56 Å². The molecule has 0 bridgehead atoms. The van der Waals surface area contributed by atoms with Gasteiger partial charge in [-0.2, -0.15) is 0 Å². The molecule has 0 aliphatic carbocycles. The Morgan fingerprint density at radius 2 is 1.76 bits per heavy atom. The van der Waals surface area contributed by atoms with Gasteiger partial charge in [0.25, 0.3) is 11.6 Å². The van der Waals surface area contributed by atoms with Crippen LogP contribution in [0.2, 0.25) is 0 Å². The zero-order chi connectivity index (χ0) is 21.0. The van der Waals surface area contributed by atoms with Gasteiger partial charge in [0, 0.05) is 6.07 Å². The number of carbonyl (C=O) groups excluding carboxylic acids is 2. The molecule has 1 N–H and O–H groups in total. The fourth-order valence-electron chi connectivity index (χ4n) is 2.73. The summed E-state index contributed by atoms with van der Waals surface area (Å²) in [7, 11) is 1.33. The number of anilines is 1. The van der Waals surface area contributed by atoms with Gasteiger partial charge in [0.15, 0.2) is 6.10 Å². The number of nitrogens with one attached hydrogen (secondary N) is 1. The van der Waals surface area contributed by atoms with E-state index in [1.165, 1.54) is 32.2 Å². The van der Waals surface area contributed by atoms with E-state index in [4.69, 9.17) is 9.47 Å².